The summed E-state index contributed by atoms with van der Waals surface area (Å²) in [6.07, 6.45) is 0.939. The van der Waals surface area contributed by atoms with Gasteiger partial charge in [-0.25, -0.2) is 0 Å². The molecule has 30 heavy (non-hydrogen) atoms. The van der Waals surface area contributed by atoms with Crippen molar-refractivity contribution in [3.63, 3.8) is 0 Å². The average Bonchev–Trinajstić information content (AvgIpc) is 2.81. The highest BCUT2D eigenvalue weighted by Crippen LogP contribution is 2.15. The van der Waals surface area contributed by atoms with Gasteiger partial charge in [0.05, 0.1) is 12.1 Å². The van der Waals surface area contributed by atoms with Crippen LogP contribution in [-0.4, -0.2) is 46.8 Å². The number of rotatable bonds is 9. The molecule has 2 aromatic rings. The zero-order valence-electron chi connectivity index (χ0n) is 17.4. The Kier molecular flexibility index (Phi) is 8.59. The van der Waals surface area contributed by atoms with Crippen molar-refractivity contribution in [3.8, 4) is 12.1 Å². The minimum atomic E-state index is -0.617. The van der Waals surface area contributed by atoms with Crippen LogP contribution in [0.2, 0.25) is 0 Å². The van der Waals surface area contributed by atoms with E-state index in [0.29, 0.717) is 24.0 Å². The highest BCUT2D eigenvalue weighted by molar-refractivity contribution is 5.95. The molecule has 0 radical (unpaired) electrons. The molecule has 0 aliphatic rings. The quantitative estimate of drug-likeness (QED) is 0.637. The fourth-order valence-electron chi connectivity index (χ4n) is 3.27. The fourth-order valence-corrected chi connectivity index (χ4v) is 3.27. The highest BCUT2D eigenvalue weighted by Gasteiger charge is 2.28. The van der Waals surface area contributed by atoms with E-state index in [4.69, 9.17) is 0 Å². The van der Waals surface area contributed by atoms with Crippen molar-refractivity contribution in [3.05, 3.63) is 71.8 Å². The summed E-state index contributed by atoms with van der Waals surface area (Å²) in [6, 6.07) is 20.7. The van der Waals surface area contributed by atoms with Crippen molar-refractivity contribution in [1.29, 1.82) is 10.5 Å². The molecule has 2 aromatic carbocycles. The van der Waals surface area contributed by atoms with Crippen LogP contribution in [0.15, 0.2) is 60.7 Å². The van der Waals surface area contributed by atoms with Crippen LogP contribution in [0.25, 0.3) is 0 Å². The molecule has 6 nitrogen and oxygen atoms in total. The van der Waals surface area contributed by atoms with Crippen molar-refractivity contribution in [2.24, 2.45) is 0 Å². The van der Waals surface area contributed by atoms with Crippen molar-refractivity contribution in [2.75, 3.05) is 13.1 Å². The molecule has 154 valence electrons. The van der Waals surface area contributed by atoms with Crippen LogP contribution >= 0.6 is 0 Å². The third-order valence-corrected chi connectivity index (χ3v) is 4.97. The summed E-state index contributed by atoms with van der Waals surface area (Å²) in [5, 5.41) is 19.1. The van der Waals surface area contributed by atoms with E-state index >= 15 is 0 Å². The van der Waals surface area contributed by atoms with Crippen LogP contribution in [0.5, 0.6) is 0 Å². The SMILES string of the molecule is CCC(C#N)N(CCN(C(=O)c1ccccc1)C(C#N)CC)C(=O)c1ccccc1. The number of nitriles is 2. The Labute approximate surface area is 177 Å². The maximum atomic E-state index is 13.1. The van der Waals surface area contributed by atoms with Crippen LogP contribution in [0.4, 0.5) is 0 Å². The largest absolute Gasteiger partial charge is 0.321 e. The van der Waals surface area contributed by atoms with Gasteiger partial charge in [0.1, 0.15) is 12.1 Å². The molecular formula is C24H26N4O2. The van der Waals surface area contributed by atoms with Crippen LogP contribution in [0.3, 0.4) is 0 Å². The Hall–Kier alpha value is -3.64. The van der Waals surface area contributed by atoms with E-state index in [1.165, 1.54) is 9.80 Å². The molecule has 0 aliphatic carbocycles. The zero-order chi connectivity index (χ0) is 21.9. The Morgan fingerprint density at radius 2 is 1.07 bits per heavy atom. The van der Waals surface area contributed by atoms with Gasteiger partial charge in [0, 0.05) is 24.2 Å². The lowest BCUT2D eigenvalue weighted by molar-refractivity contribution is 0.0603. The second-order valence-electron chi connectivity index (χ2n) is 6.84. The van der Waals surface area contributed by atoms with E-state index in [0.717, 1.165) is 0 Å². The maximum absolute atomic E-state index is 13.1. The Morgan fingerprint density at radius 1 is 0.733 bits per heavy atom. The first kappa shape index (κ1) is 22.6. The Balaban J connectivity index is 2.30. The van der Waals surface area contributed by atoms with Crippen molar-refractivity contribution in [2.45, 2.75) is 38.8 Å². The fraction of sp³-hybridized carbons (Fsp3) is 0.333. The first-order valence-electron chi connectivity index (χ1n) is 10.1. The molecule has 2 rings (SSSR count). The second-order valence-corrected chi connectivity index (χ2v) is 6.84. The first-order valence-corrected chi connectivity index (χ1v) is 10.1. The van der Waals surface area contributed by atoms with Crippen LogP contribution in [0.1, 0.15) is 47.4 Å². The molecule has 0 aliphatic heterocycles. The monoisotopic (exact) mass is 402 g/mol. The molecule has 0 saturated heterocycles. The lowest BCUT2D eigenvalue weighted by Gasteiger charge is -2.32. The number of benzene rings is 2. The number of carbonyl (C=O) groups is 2. The van der Waals surface area contributed by atoms with E-state index in [2.05, 4.69) is 12.1 Å². The van der Waals surface area contributed by atoms with Gasteiger partial charge in [-0.15, -0.1) is 0 Å². The number of hydrogen-bond donors (Lipinski definition) is 0. The third-order valence-electron chi connectivity index (χ3n) is 4.97. The summed E-state index contributed by atoms with van der Waals surface area (Å²) in [6.45, 7) is 4.01. The van der Waals surface area contributed by atoms with Crippen molar-refractivity contribution in [1.82, 2.24) is 9.80 Å². The van der Waals surface area contributed by atoms with E-state index < -0.39 is 12.1 Å². The van der Waals surface area contributed by atoms with Crippen LogP contribution < -0.4 is 0 Å². The lowest BCUT2D eigenvalue weighted by Crippen LogP contribution is -2.48. The van der Waals surface area contributed by atoms with E-state index in [1.54, 1.807) is 48.5 Å². The Morgan fingerprint density at radius 3 is 1.33 bits per heavy atom. The molecule has 6 heteroatoms. The molecule has 2 atom stereocenters. The summed E-state index contributed by atoms with van der Waals surface area (Å²) in [5.74, 6) is -0.526. The Bertz CT molecular complexity index is 838. The first-order chi connectivity index (χ1) is 14.6. The van der Waals surface area contributed by atoms with Gasteiger partial charge < -0.3 is 9.80 Å². The predicted octanol–water partition coefficient (Wildman–Crippen LogP) is 3.88. The molecule has 2 amide bonds. The minimum Gasteiger partial charge on any atom is -0.321 e. The third kappa shape index (κ3) is 5.46. The average molecular weight is 402 g/mol. The summed E-state index contributed by atoms with van der Waals surface area (Å²) >= 11 is 0. The molecule has 0 fully saturated rings. The second kappa shape index (κ2) is 11.4. The summed E-state index contributed by atoms with van der Waals surface area (Å²) < 4.78 is 0. The highest BCUT2D eigenvalue weighted by atomic mass is 16.2. The van der Waals surface area contributed by atoms with Gasteiger partial charge in [-0.3, -0.25) is 9.59 Å². The summed E-state index contributed by atoms with van der Waals surface area (Å²) in [7, 11) is 0. The molecule has 0 saturated carbocycles. The van der Waals surface area contributed by atoms with Gasteiger partial charge >= 0.3 is 0 Å². The van der Waals surface area contributed by atoms with Crippen LogP contribution in [-0.2, 0) is 0 Å². The number of carbonyl (C=O) groups excluding carboxylic acids is 2. The molecule has 0 spiro atoms. The van der Waals surface area contributed by atoms with Gasteiger partial charge in [-0.05, 0) is 37.1 Å². The smallest absolute Gasteiger partial charge is 0.254 e. The molecule has 0 aromatic heterocycles. The van der Waals surface area contributed by atoms with Crippen LogP contribution in [0, 0.1) is 22.7 Å². The number of hydrogen-bond acceptors (Lipinski definition) is 4. The normalized spacial score (nSPS) is 12.1. The molecule has 0 heterocycles. The van der Waals surface area contributed by atoms with E-state index in [1.807, 2.05) is 26.0 Å². The minimum absolute atomic E-state index is 0.163. The number of amides is 2. The summed E-state index contributed by atoms with van der Waals surface area (Å²) in [5.41, 5.74) is 0.971. The molecule has 0 N–H and O–H groups in total. The zero-order valence-corrected chi connectivity index (χ0v) is 17.4. The van der Waals surface area contributed by atoms with E-state index in [9.17, 15) is 20.1 Å². The lowest BCUT2D eigenvalue weighted by atomic mass is 10.1. The van der Waals surface area contributed by atoms with Gasteiger partial charge in [-0.2, -0.15) is 10.5 Å². The molecule has 2 unspecified atom stereocenters. The maximum Gasteiger partial charge on any atom is 0.254 e. The predicted molar refractivity (Wildman–Crippen MR) is 114 cm³/mol. The van der Waals surface area contributed by atoms with Gasteiger partial charge in [-0.1, -0.05) is 50.2 Å². The number of nitrogens with zero attached hydrogens (tertiary/aromatic N) is 4. The molecular weight excluding hydrogens is 376 g/mol. The van der Waals surface area contributed by atoms with Gasteiger partial charge in [0.2, 0.25) is 0 Å². The van der Waals surface area contributed by atoms with Crippen molar-refractivity contribution >= 4 is 11.8 Å². The van der Waals surface area contributed by atoms with Gasteiger partial charge in [0.25, 0.3) is 11.8 Å². The molecule has 0 bridgehead atoms. The topological polar surface area (TPSA) is 88.2 Å². The van der Waals surface area contributed by atoms with E-state index in [-0.39, 0.29) is 24.9 Å². The summed E-state index contributed by atoms with van der Waals surface area (Å²) in [4.78, 5) is 29.1. The van der Waals surface area contributed by atoms with Crippen molar-refractivity contribution < 1.29 is 9.59 Å². The van der Waals surface area contributed by atoms with Gasteiger partial charge in [0.15, 0.2) is 0 Å². The standard InChI is InChI=1S/C24H26N4O2/c1-3-21(17-25)27(23(29)19-11-7-5-8-12-19)15-16-28(22(4-2)18-26)24(30)20-13-9-6-10-14-20/h5-14,21-22H,3-4,15-16H2,1-2H3.